The summed E-state index contributed by atoms with van der Waals surface area (Å²) >= 11 is 0. The van der Waals surface area contributed by atoms with E-state index < -0.39 is 0 Å². The lowest BCUT2D eigenvalue weighted by atomic mass is 10.1. The van der Waals surface area contributed by atoms with Crippen molar-refractivity contribution in [1.82, 2.24) is 5.32 Å². The van der Waals surface area contributed by atoms with Gasteiger partial charge in [-0.05, 0) is 30.7 Å². The largest absolute Gasteiger partial charge is 0.504 e. The third-order valence-corrected chi connectivity index (χ3v) is 3.46. The standard InChI is InChI=1S/C17H21NO3/c1-12(14-6-4-5-7-16(14)20-2)18-11-13-8-9-17(21-3)15(19)10-13/h4-10,12,18-19H,11H2,1-3H3/t12-/m0/s1. The van der Waals surface area contributed by atoms with Gasteiger partial charge >= 0.3 is 0 Å². The molecule has 0 heterocycles. The predicted octanol–water partition coefficient (Wildman–Crippen LogP) is 3.26. The van der Waals surface area contributed by atoms with E-state index >= 15 is 0 Å². The lowest BCUT2D eigenvalue weighted by molar-refractivity contribution is 0.372. The van der Waals surface area contributed by atoms with Gasteiger partial charge in [0.25, 0.3) is 0 Å². The summed E-state index contributed by atoms with van der Waals surface area (Å²) in [5.74, 6) is 1.51. The SMILES string of the molecule is COc1ccc(CN[C@@H](C)c2ccccc2OC)cc1O. The molecule has 2 aromatic carbocycles. The molecule has 0 saturated heterocycles. The Morgan fingerprint density at radius 1 is 1.05 bits per heavy atom. The minimum absolute atomic E-state index is 0.144. The average Bonchev–Trinajstić information content (AvgIpc) is 2.52. The van der Waals surface area contributed by atoms with Crippen LogP contribution in [-0.4, -0.2) is 19.3 Å². The number of phenolic OH excluding ortho intramolecular Hbond substituents is 1. The number of benzene rings is 2. The second kappa shape index (κ2) is 6.99. The van der Waals surface area contributed by atoms with Gasteiger partial charge in [-0.1, -0.05) is 24.3 Å². The van der Waals surface area contributed by atoms with E-state index in [0.29, 0.717) is 12.3 Å². The van der Waals surface area contributed by atoms with Crippen molar-refractivity contribution in [3.63, 3.8) is 0 Å². The van der Waals surface area contributed by atoms with E-state index in [0.717, 1.165) is 16.9 Å². The fourth-order valence-corrected chi connectivity index (χ4v) is 2.25. The first kappa shape index (κ1) is 15.2. The number of hydrogen-bond acceptors (Lipinski definition) is 4. The number of ether oxygens (including phenoxy) is 2. The Kier molecular flexibility index (Phi) is 5.06. The Bertz CT molecular complexity index is 598. The van der Waals surface area contributed by atoms with E-state index in [4.69, 9.17) is 9.47 Å². The minimum atomic E-state index is 0.144. The van der Waals surface area contributed by atoms with Crippen LogP contribution in [0, 0.1) is 0 Å². The average molecular weight is 287 g/mol. The second-order valence-corrected chi connectivity index (χ2v) is 4.85. The van der Waals surface area contributed by atoms with Crippen LogP contribution in [0.1, 0.15) is 24.1 Å². The molecule has 0 aromatic heterocycles. The van der Waals surface area contributed by atoms with E-state index in [1.807, 2.05) is 30.3 Å². The highest BCUT2D eigenvalue weighted by atomic mass is 16.5. The molecule has 4 nitrogen and oxygen atoms in total. The first-order chi connectivity index (χ1) is 10.2. The van der Waals surface area contributed by atoms with Gasteiger partial charge in [0, 0.05) is 18.2 Å². The van der Waals surface area contributed by atoms with Crippen LogP contribution in [0.2, 0.25) is 0 Å². The number of rotatable bonds is 6. The lowest BCUT2D eigenvalue weighted by Gasteiger charge is -2.17. The summed E-state index contributed by atoms with van der Waals surface area (Å²) in [4.78, 5) is 0. The zero-order valence-corrected chi connectivity index (χ0v) is 12.6. The topological polar surface area (TPSA) is 50.7 Å². The molecule has 0 aliphatic carbocycles. The molecule has 0 fully saturated rings. The first-order valence-corrected chi connectivity index (χ1v) is 6.88. The van der Waals surface area contributed by atoms with Crippen LogP contribution in [0.5, 0.6) is 17.2 Å². The van der Waals surface area contributed by atoms with Crippen molar-refractivity contribution >= 4 is 0 Å². The molecule has 0 spiro atoms. The van der Waals surface area contributed by atoms with E-state index in [1.165, 1.54) is 7.11 Å². The molecule has 21 heavy (non-hydrogen) atoms. The molecule has 0 bridgehead atoms. The van der Waals surface area contributed by atoms with Gasteiger partial charge < -0.3 is 19.9 Å². The van der Waals surface area contributed by atoms with Crippen molar-refractivity contribution in [2.45, 2.75) is 19.5 Å². The van der Waals surface area contributed by atoms with Crippen LogP contribution in [0.25, 0.3) is 0 Å². The Morgan fingerprint density at radius 3 is 2.43 bits per heavy atom. The summed E-state index contributed by atoms with van der Waals surface area (Å²) in [6.45, 7) is 2.73. The summed E-state index contributed by atoms with van der Waals surface area (Å²) in [5, 5.41) is 13.2. The highest BCUT2D eigenvalue weighted by Crippen LogP contribution is 2.27. The summed E-state index contributed by atoms with van der Waals surface area (Å²) < 4.78 is 10.4. The number of methoxy groups -OCH3 is 2. The molecule has 2 rings (SSSR count). The van der Waals surface area contributed by atoms with Crippen LogP contribution < -0.4 is 14.8 Å². The molecule has 2 aromatic rings. The third-order valence-electron chi connectivity index (χ3n) is 3.46. The zero-order valence-electron chi connectivity index (χ0n) is 12.6. The molecule has 0 radical (unpaired) electrons. The van der Waals surface area contributed by atoms with Crippen molar-refractivity contribution in [2.24, 2.45) is 0 Å². The first-order valence-electron chi connectivity index (χ1n) is 6.88. The monoisotopic (exact) mass is 287 g/mol. The fourth-order valence-electron chi connectivity index (χ4n) is 2.25. The molecule has 0 unspecified atom stereocenters. The van der Waals surface area contributed by atoms with Crippen molar-refractivity contribution in [2.75, 3.05) is 14.2 Å². The summed E-state index contributed by atoms with van der Waals surface area (Å²) in [6, 6.07) is 13.5. The Morgan fingerprint density at radius 2 is 1.76 bits per heavy atom. The molecule has 1 atom stereocenters. The fraction of sp³-hybridized carbons (Fsp3) is 0.294. The maximum absolute atomic E-state index is 9.78. The van der Waals surface area contributed by atoms with Gasteiger partial charge in [0.1, 0.15) is 5.75 Å². The van der Waals surface area contributed by atoms with Gasteiger partial charge in [-0.2, -0.15) is 0 Å². The van der Waals surface area contributed by atoms with Gasteiger partial charge in [0.2, 0.25) is 0 Å². The van der Waals surface area contributed by atoms with Gasteiger partial charge in [-0.25, -0.2) is 0 Å². The molecular formula is C17H21NO3. The van der Waals surface area contributed by atoms with Crippen molar-refractivity contribution in [3.8, 4) is 17.2 Å². The summed E-state index contributed by atoms with van der Waals surface area (Å²) in [5.41, 5.74) is 2.10. The van der Waals surface area contributed by atoms with Gasteiger partial charge in [0.05, 0.1) is 14.2 Å². The number of phenols is 1. The van der Waals surface area contributed by atoms with Crippen molar-refractivity contribution < 1.29 is 14.6 Å². The number of aromatic hydroxyl groups is 1. The highest BCUT2D eigenvalue weighted by molar-refractivity contribution is 5.42. The number of nitrogens with one attached hydrogen (secondary N) is 1. The van der Waals surface area contributed by atoms with Crippen LogP contribution in [0.15, 0.2) is 42.5 Å². The van der Waals surface area contributed by atoms with Crippen LogP contribution >= 0.6 is 0 Å². The molecule has 0 amide bonds. The Hall–Kier alpha value is -2.20. The van der Waals surface area contributed by atoms with E-state index in [1.54, 1.807) is 19.2 Å². The highest BCUT2D eigenvalue weighted by Gasteiger charge is 2.10. The molecule has 0 aliphatic rings. The Labute approximate surface area is 125 Å². The third kappa shape index (κ3) is 3.67. The second-order valence-electron chi connectivity index (χ2n) is 4.85. The Balaban J connectivity index is 2.04. The van der Waals surface area contributed by atoms with Crippen LogP contribution in [-0.2, 0) is 6.54 Å². The summed E-state index contributed by atoms with van der Waals surface area (Å²) in [6.07, 6.45) is 0. The van der Waals surface area contributed by atoms with Gasteiger partial charge in [-0.15, -0.1) is 0 Å². The molecule has 0 saturated carbocycles. The molecule has 112 valence electrons. The minimum Gasteiger partial charge on any atom is -0.504 e. The smallest absolute Gasteiger partial charge is 0.160 e. The van der Waals surface area contributed by atoms with E-state index in [-0.39, 0.29) is 11.8 Å². The van der Waals surface area contributed by atoms with Crippen LogP contribution in [0.4, 0.5) is 0 Å². The predicted molar refractivity (Wildman–Crippen MR) is 82.9 cm³/mol. The van der Waals surface area contributed by atoms with Gasteiger partial charge in [-0.3, -0.25) is 0 Å². The van der Waals surface area contributed by atoms with E-state index in [9.17, 15) is 5.11 Å². The molecular weight excluding hydrogens is 266 g/mol. The number of hydrogen-bond donors (Lipinski definition) is 2. The molecule has 4 heteroatoms. The van der Waals surface area contributed by atoms with Gasteiger partial charge in [0.15, 0.2) is 11.5 Å². The summed E-state index contributed by atoms with van der Waals surface area (Å²) in [7, 11) is 3.21. The van der Waals surface area contributed by atoms with Crippen molar-refractivity contribution in [3.05, 3.63) is 53.6 Å². The van der Waals surface area contributed by atoms with E-state index in [2.05, 4.69) is 12.2 Å². The number of para-hydroxylation sites is 1. The maximum Gasteiger partial charge on any atom is 0.160 e. The quantitative estimate of drug-likeness (QED) is 0.856. The lowest BCUT2D eigenvalue weighted by Crippen LogP contribution is -2.18. The van der Waals surface area contributed by atoms with Crippen LogP contribution in [0.3, 0.4) is 0 Å². The maximum atomic E-state index is 9.78. The van der Waals surface area contributed by atoms with Crippen molar-refractivity contribution in [1.29, 1.82) is 0 Å². The molecule has 2 N–H and O–H groups in total. The molecule has 0 aliphatic heterocycles. The normalized spacial score (nSPS) is 12.0. The zero-order chi connectivity index (χ0) is 15.2.